The number of thioether (sulfide) groups is 1. The molecule has 0 bridgehead atoms. The van der Waals surface area contributed by atoms with E-state index < -0.39 is 0 Å². The molecule has 0 aromatic heterocycles. The van der Waals surface area contributed by atoms with Crippen LogP contribution in [0.3, 0.4) is 0 Å². The van der Waals surface area contributed by atoms with Crippen molar-refractivity contribution in [3.05, 3.63) is 29.8 Å². The van der Waals surface area contributed by atoms with E-state index in [2.05, 4.69) is 34.2 Å². The zero-order chi connectivity index (χ0) is 11.7. The predicted octanol–water partition coefficient (Wildman–Crippen LogP) is 1.90. The number of nitrogens with two attached hydrogens (primary N) is 1. The van der Waals surface area contributed by atoms with Gasteiger partial charge >= 0.3 is 0 Å². The molecule has 1 unspecified atom stereocenters. The molecule has 0 saturated carbocycles. The summed E-state index contributed by atoms with van der Waals surface area (Å²) in [6, 6.07) is 8.63. The quantitative estimate of drug-likeness (QED) is 0.641. The molecule has 0 radical (unpaired) electrons. The van der Waals surface area contributed by atoms with Crippen molar-refractivity contribution in [2.45, 2.75) is 17.2 Å². The van der Waals surface area contributed by atoms with Gasteiger partial charge in [-0.05, 0) is 18.1 Å². The third kappa shape index (κ3) is 2.14. The van der Waals surface area contributed by atoms with Gasteiger partial charge in [-0.15, -0.1) is 11.8 Å². The van der Waals surface area contributed by atoms with Crippen molar-refractivity contribution in [2.75, 3.05) is 25.4 Å². The second-order valence-electron chi connectivity index (χ2n) is 4.59. The van der Waals surface area contributed by atoms with E-state index in [9.17, 15) is 0 Å². The number of hydrogen-bond acceptors (Lipinski definition) is 2. The third-order valence-corrected chi connectivity index (χ3v) is 4.70. The fourth-order valence-corrected chi connectivity index (χ4v) is 3.47. The highest BCUT2D eigenvalue weighted by Gasteiger charge is 2.23. The summed E-state index contributed by atoms with van der Waals surface area (Å²) in [6.45, 7) is 2.98. The summed E-state index contributed by atoms with van der Waals surface area (Å²) >= 11 is 1.93. The molecule has 0 aliphatic carbocycles. The van der Waals surface area contributed by atoms with Gasteiger partial charge in [0.1, 0.15) is 0 Å². The van der Waals surface area contributed by atoms with Gasteiger partial charge in [-0.2, -0.15) is 0 Å². The Kier molecular flexibility index (Phi) is 2.97. The smallest absolute Gasteiger partial charge is 0.191 e. The Hall–Kier alpha value is -1.16. The zero-order valence-corrected chi connectivity index (χ0v) is 10.6. The molecule has 3 nitrogen and oxygen atoms in total. The number of nitrogens with zero attached hydrogens (tertiary/aromatic N) is 2. The Morgan fingerprint density at radius 3 is 3.00 bits per heavy atom. The van der Waals surface area contributed by atoms with Gasteiger partial charge < -0.3 is 10.6 Å². The highest BCUT2D eigenvalue weighted by molar-refractivity contribution is 7.99. The highest BCUT2D eigenvalue weighted by atomic mass is 32.2. The van der Waals surface area contributed by atoms with Gasteiger partial charge in [0.05, 0.1) is 6.54 Å². The molecular formula is C13H17N3S. The largest absolute Gasteiger partial charge is 0.370 e. The van der Waals surface area contributed by atoms with Crippen molar-refractivity contribution in [1.82, 2.24) is 4.90 Å². The van der Waals surface area contributed by atoms with Crippen LogP contribution in [0.1, 0.15) is 17.9 Å². The average molecular weight is 247 g/mol. The molecular weight excluding hydrogens is 230 g/mol. The second kappa shape index (κ2) is 4.61. The minimum Gasteiger partial charge on any atom is -0.370 e. The first-order valence-corrected chi connectivity index (χ1v) is 7.10. The fraction of sp³-hybridized carbons (Fsp3) is 0.462. The fourth-order valence-electron chi connectivity index (χ4n) is 2.23. The molecule has 2 N–H and O–H groups in total. The van der Waals surface area contributed by atoms with E-state index in [4.69, 9.17) is 5.73 Å². The lowest BCUT2D eigenvalue weighted by atomic mass is 10.0. The van der Waals surface area contributed by atoms with Crippen molar-refractivity contribution in [2.24, 2.45) is 10.7 Å². The zero-order valence-electron chi connectivity index (χ0n) is 9.80. The summed E-state index contributed by atoms with van der Waals surface area (Å²) < 4.78 is 0. The molecule has 2 aliphatic heterocycles. The van der Waals surface area contributed by atoms with Crippen molar-refractivity contribution >= 4 is 17.7 Å². The average Bonchev–Trinajstić information content (AvgIpc) is 2.67. The van der Waals surface area contributed by atoms with Crippen LogP contribution >= 0.6 is 11.8 Å². The van der Waals surface area contributed by atoms with E-state index in [1.807, 2.05) is 11.8 Å². The van der Waals surface area contributed by atoms with Crippen LogP contribution in [0, 0.1) is 0 Å². The molecule has 1 fully saturated rings. The minimum absolute atomic E-state index is 0.538. The summed E-state index contributed by atoms with van der Waals surface area (Å²) in [5.41, 5.74) is 7.39. The van der Waals surface area contributed by atoms with Crippen LogP contribution in [0.4, 0.5) is 0 Å². The Morgan fingerprint density at radius 2 is 2.24 bits per heavy atom. The van der Waals surface area contributed by atoms with Gasteiger partial charge in [-0.1, -0.05) is 18.2 Å². The summed E-state index contributed by atoms with van der Waals surface area (Å²) in [4.78, 5) is 8.09. The maximum atomic E-state index is 5.95. The van der Waals surface area contributed by atoms with E-state index in [1.54, 1.807) is 0 Å². The summed E-state index contributed by atoms with van der Waals surface area (Å²) in [7, 11) is 0. The number of hydrogen-bond donors (Lipinski definition) is 1. The predicted molar refractivity (Wildman–Crippen MR) is 72.6 cm³/mol. The van der Waals surface area contributed by atoms with Crippen LogP contribution in [0.2, 0.25) is 0 Å². The van der Waals surface area contributed by atoms with Crippen LogP contribution in [-0.4, -0.2) is 36.2 Å². The normalized spacial score (nSPS) is 23.4. The van der Waals surface area contributed by atoms with Crippen LogP contribution in [0.25, 0.3) is 0 Å². The second-order valence-corrected chi connectivity index (χ2v) is 5.65. The van der Waals surface area contributed by atoms with Gasteiger partial charge in [0, 0.05) is 29.7 Å². The lowest BCUT2D eigenvalue weighted by Crippen LogP contribution is -2.46. The standard InChI is InChI=1S/C13H17N3S/c14-13(16-6-3-7-16)15-8-10-9-17-12-5-2-1-4-11(10)12/h1-2,4-5,10H,3,6-9H2,(H2,14,15). The van der Waals surface area contributed by atoms with Crippen LogP contribution in [-0.2, 0) is 0 Å². The van der Waals surface area contributed by atoms with Gasteiger partial charge in [0.15, 0.2) is 5.96 Å². The SMILES string of the molecule is NC(=NCC1CSc2ccccc21)N1CCC1. The number of guanidine groups is 1. The number of aliphatic imine (C=N–C) groups is 1. The molecule has 4 heteroatoms. The van der Waals surface area contributed by atoms with Crippen molar-refractivity contribution < 1.29 is 0 Å². The van der Waals surface area contributed by atoms with E-state index in [0.29, 0.717) is 5.92 Å². The molecule has 2 heterocycles. The first kappa shape index (κ1) is 11.0. The van der Waals surface area contributed by atoms with Gasteiger partial charge in [-0.3, -0.25) is 4.99 Å². The number of fused-ring (bicyclic) bond motifs is 1. The van der Waals surface area contributed by atoms with E-state index in [0.717, 1.165) is 31.3 Å². The van der Waals surface area contributed by atoms with Gasteiger partial charge in [-0.25, -0.2) is 0 Å². The Labute approximate surface area is 106 Å². The Balaban J connectivity index is 1.67. The van der Waals surface area contributed by atoms with E-state index in [1.165, 1.54) is 16.9 Å². The summed E-state index contributed by atoms with van der Waals surface area (Å²) in [6.07, 6.45) is 1.25. The molecule has 90 valence electrons. The monoisotopic (exact) mass is 247 g/mol. The van der Waals surface area contributed by atoms with Crippen LogP contribution in [0.5, 0.6) is 0 Å². The van der Waals surface area contributed by atoms with Gasteiger partial charge in [0.25, 0.3) is 0 Å². The van der Waals surface area contributed by atoms with E-state index in [-0.39, 0.29) is 0 Å². The number of benzene rings is 1. The Bertz CT molecular complexity index is 440. The van der Waals surface area contributed by atoms with Crippen molar-refractivity contribution in [3.63, 3.8) is 0 Å². The molecule has 1 aromatic rings. The van der Waals surface area contributed by atoms with Crippen LogP contribution in [0.15, 0.2) is 34.2 Å². The molecule has 0 spiro atoms. The maximum Gasteiger partial charge on any atom is 0.191 e. The van der Waals surface area contributed by atoms with Gasteiger partial charge in [0.2, 0.25) is 0 Å². The maximum absolute atomic E-state index is 5.95. The molecule has 1 aromatic carbocycles. The summed E-state index contributed by atoms with van der Waals surface area (Å²) in [5.74, 6) is 2.40. The highest BCUT2D eigenvalue weighted by Crippen LogP contribution is 2.39. The third-order valence-electron chi connectivity index (χ3n) is 3.45. The minimum atomic E-state index is 0.538. The first-order chi connectivity index (χ1) is 8.34. The van der Waals surface area contributed by atoms with Crippen molar-refractivity contribution in [3.8, 4) is 0 Å². The Morgan fingerprint density at radius 1 is 1.41 bits per heavy atom. The summed E-state index contributed by atoms with van der Waals surface area (Å²) in [5, 5.41) is 0. The topological polar surface area (TPSA) is 41.6 Å². The lowest BCUT2D eigenvalue weighted by molar-refractivity contribution is 0.295. The van der Waals surface area contributed by atoms with Crippen LogP contribution < -0.4 is 5.73 Å². The number of rotatable bonds is 2. The number of likely N-dealkylation sites (tertiary alicyclic amines) is 1. The molecule has 0 amide bonds. The molecule has 1 atom stereocenters. The van der Waals surface area contributed by atoms with E-state index >= 15 is 0 Å². The lowest BCUT2D eigenvalue weighted by Gasteiger charge is -2.31. The first-order valence-electron chi connectivity index (χ1n) is 6.11. The molecule has 3 rings (SSSR count). The molecule has 1 saturated heterocycles. The molecule has 2 aliphatic rings. The van der Waals surface area contributed by atoms with Crippen molar-refractivity contribution in [1.29, 1.82) is 0 Å². The molecule has 17 heavy (non-hydrogen) atoms.